The Labute approximate surface area is 80.9 Å². The summed E-state index contributed by atoms with van der Waals surface area (Å²) in [6.45, 7) is -0.0414. The number of nitrogens with zero attached hydrogens (tertiary/aromatic N) is 3. The van der Waals surface area contributed by atoms with E-state index >= 15 is 0 Å². The molecule has 8 nitrogen and oxygen atoms in total. The zero-order valence-corrected chi connectivity index (χ0v) is 8.32. The Morgan fingerprint density at radius 1 is 1.64 bits per heavy atom. The predicted octanol–water partition coefficient (Wildman–Crippen LogP) is -0.611. The molecule has 0 aliphatic carbocycles. The summed E-state index contributed by atoms with van der Waals surface area (Å²) in [6.07, 6.45) is 0. The van der Waals surface area contributed by atoms with Gasteiger partial charge in [0.1, 0.15) is 0 Å². The van der Waals surface area contributed by atoms with Crippen LogP contribution in [0, 0.1) is 0 Å². The minimum Gasteiger partial charge on any atom is -0.468 e. The summed E-state index contributed by atoms with van der Waals surface area (Å²) < 4.78 is 28.3. The number of nitrogens with one attached hydrogen (secondary N) is 1. The third kappa shape index (κ3) is 6.23. The molecule has 14 heavy (non-hydrogen) atoms. The molecule has 0 rings (SSSR count). The lowest BCUT2D eigenvalue weighted by molar-refractivity contribution is -0.137. The number of methoxy groups -OCH3 is 1. The van der Waals surface area contributed by atoms with Crippen molar-refractivity contribution in [3.8, 4) is 0 Å². The average molecular weight is 222 g/mol. The van der Waals surface area contributed by atoms with Gasteiger partial charge in [0, 0.05) is 18.0 Å². The fourth-order valence-corrected chi connectivity index (χ4v) is 1.49. The van der Waals surface area contributed by atoms with Crippen LogP contribution in [0.15, 0.2) is 5.11 Å². The van der Waals surface area contributed by atoms with Crippen molar-refractivity contribution in [1.82, 2.24) is 4.72 Å². The van der Waals surface area contributed by atoms with E-state index in [0.717, 1.165) is 7.11 Å². The first-order chi connectivity index (χ1) is 6.52. The maximum absolute atomic E-state index is 11.0. The highest BCUT2D eigenvalue weighted by molar-refractivity contribution is 7.90. The summed E-state index contributed by atoms with van der Waals surface area (Å²) >= 11 is 0. The molecule has 0 saturated carbocycles. The smallest absolute Gasteiger partial charge is 0.322 e. The summed E-state index contributed by atoms with van der Waals surface area (Å²) in [4.78, 5) is 13.0. The van der Waals surface area contributed by atoms with Gasteiger partial charge in [0.25, 0.3) is 0 Å². The summed E-state index contributed by atoms with van der Waals surface area (Å²) in [5, 5.41) is 3.11. The largest absolute Gasteiger partial charge is 0.468 e. The van der Waals surface area contributed by atoms with E-state index in [1.54, 1.807) is 0 Å². The molecule has 0 unspecified atom stereocenters. The van der Waals surface area contributed by atoms with E-state index in [-0.39, 0.29) is 13.1 Å². The zero-order valence-electron chi connectivity index (χ0n) is 7.50. The molecule has 0 aromatic heterocycles. The van der Waals surface area contributed by atoms with E-state index in [4.69, 9.17) is 5.53 Å². The van der Waals surface area contributed by atoms with Crippen LogP contribution in [-0.4, -0.2) is 40.3 Å². The number of sulfonamides is 1. The van der Waals surface area contributed by atoms with Gasteiger partial charge >= 0.3 is 5.97 Å². The average Bonchev–Trinajstić information content (AvgIpc) is 2.12. The van der Waals surface area contributed by atoms with E-state index in [1.165, 1.54) is 0 Å². The Balaban J connectivity index is 3.96. The van der Waals surface area contributed by atoms with Crippen molar-refractivity contribution >= 4 is 16.0 Å². The molecule has 0 spiro atoms. The molecule has 0 atom stereocenters. The SMILES string of the molecule is COC(=O)CS(=O)(=O)NCCN=[N+]=[N-]. The fourth-order valence-electron chi connectivity index (χ4n) is 0.561. The highest BCUT2D eigenvalue weighted by atomic mass is 32.2. The van der Waals surface area contributed by atoms with Crippen molar-refractivity contribution in [2.45, 2.75) is 0 Å². The molecule has 0 aliphatic heterocycles. The van der Waals surface area contributed by atoms with Crippen LogP contribution in [0.25, 0.3) is 10.4 Å². The molecule has 0 aromatic carbocycles. The molecule has 0 radical (unpaired) electrons. The van der Waals surface area contributed by atoms with Gasteiger partial charge in [-0.3, -0.25) is 4.79 Å². The van der Waals surface area contributed by atoms with Gasteiger partial charge in [-0.05, 0) is 5.53 Å². The molecule has 0 amide bonds. The third-order valence-corrected chi connectivity index (χ3v) is 2.39. The number of carbonyl (C=O) groups is 1. The van der Waals surface area contributed by atoms with Crippen LogP contribution >= 0.6 is 0 Å². The molecular formula is C5H10N4O4S. The Kier molecular flexibility index (Phi) is 5.61. The molecule has 80 valence electrons. The Hall–Kier alpha value is -1.31. The van der Waals surface area contributed by atoms with Crippen LogP contribution < -0.4 is 4.72 Å². The minimum absolute atomic E-state index is 0.00307. The molecule has 0 bridgehead atoms. The van der Waals surface area contributed by atoms with E-state index in [1.807, 2.05) is 0 Å². The van der Waals surface area contributed by atoms with Gasteiger partial charge in [0.05, 0.1) is 7.11 Å². The normalized spacial score (nSPS) is 10.4. The fraction of sp³-hybridized carbons (Fsp3) is 0.800. The van der Waals surface area contributed by atoms with Crippen LogP contribution in [0.2, 0.25) is 0 Å². The molecule has 0 saturated heterocycles. The van der Waals surface area contributed by atoms with E-state index in [2.05, 4.69) is 19.5 Å². The van der Waals surface area contributed by atoms with E-state index in [0.29, 0.717) is 0 Å². The number of rotatable bonds is 6. The lowest BCUT2D eigenvalue weighted by atomic mass is 10.7. The summed E-state index contributed by atoms with van der Waals surface area (Å²) in [7, 11) is -2.59. The monoisotopic (exact) mass is 222 g/mol. The number of azide groups is 1. The Morgan fingerprint density at radius 2 is 2.29 bits per heavy atom. The third-order valence-electron chi connectivity index (χ3n) is 1.13. The lowest BCUT2D eigenvalue weighted by Gasteiger charge is -2.02. The minimum atomic E-state index is -3.68. The van der Waals surface area contributed by atoms with Crippen molar-refractivity contribution in [2.75, 3.05) is 26.0 Å². The number of carbonyl (C=O) groups excluding carboxylic acids is 1. The van der Waals surface area contributed by atoms with Crippen molar-refractivity contribution < 1.29 is 17.9 Å². The van der Waals surface area contributed by atoms with Crippen LogP contribution in [0.4, 0.5) is 0 Å². The maximum atomic E-state index is 11.0. The van der Waals surface area contributed by atoms with Crippen LogP contribution in [0.1, 0.15) is 0 Å². The molecule has 0 heterocycles. The van der Waals surface area contributed by atoms with Crippen molar-refractivity contribution in [2.24, 2.45) is 5.11 Å². The first kappa shape index (κ1) is 12.7. The van der Waals surface area contributed by atoms with E-state index < -0.39 is 21.7 Å². The highest BCUT2D eigenvalue weighted by Gasteiger charge is 2.15. The number of ether oxygens (including phenoxy) is 1. The van der Waals surface area contributed by atoms with Gasteiger partial charge in [-0.1, -0.05) is 5.11 Å². The predicted molar refractivity (Wildman–Crippen MR) is 47.8 cm³/mol. The molecule has 0 aliphatic rings. The number of hydrogen-bond donors (Lipinski definition) is 1. The van der Waals surface area contributed by atoms with Gasteiger partial charge in [-0.25, -0.2) is 13.1 Å². The first-order valence-electron chi connectivity index (χ1n) is 3.57. The number of hydrogen-bond acceptors (Lipinski definition) is 5. The molecule has 9 heteroatoms. The van der Waals surface area contributed by atoms with Gasteiger partial charge in [-0.2, -0.15) is 0 Å². The summed E-state index contributed by atoms with van der Waals surface area (Å²) in [5.41, 5.74) is 7.89. The van der Waals surface area contributed by atoms with Crippen LogP contribution in [0.3, 0.4) is 0 Å². The van der Waals surface area contributed by atoms with Crippen LogP contribution in [-0.2, 0) is 19.6 Å². The molecule has 0 fully saturated rings. The second kappa shape index (κ2) is 6.19. The van der Waals surface area contributed by atoms with Crippen molar-refractivity contribution in [3.05, 3.63) is 10.4 Å². The quantitative estimate of drug-likeness (QED) is 0.212. The van der Waals surface area contributed by atoms with Gasteiger partial charge in [-0.15, -0.1) is 0 Å². The first-order valence-corrected chi connectivity index (χ1v) is 5.22. The lowest BCUT2D eigenvalue weighted by Crippen LogP contribution is -2.32. The van der Waals surface area contributed by atoms with Crippen LogP contribution in [0.5, 0.6) is 0 Å². The zero-order chi connectivity index (χ0) is 11.0. The Morgan fingerprint density at radius 3 is 2.79 bits per heavy atom. The maximum Gasteiger partial charge on any atom is 0.322 e. The van der Waals surface area contributed by atoms with Gasteiger partial charge in [0.2, 0.25) is 10.0 Å². The van der Waals surface area contributed by atoms with E-state index in [9.17, 15) is 13.2 Å². The topological polar surface area (TPSA) is 121 Å². The van der Waals surface area contributed by atoms with Gasteiger partial charge < -0.3 is 4.74 Å². The Bertz CT molecular complexity index is 332. The number of esters is 1. The second-order valence-corrected chi connectivity index (χ2v) is 3.99. The second-order valence-electron chi connectivity index (χ2n) is 2.18. The standard InChI is InChI=1S/C5H10N4O4S/c1-13-5(10)4-14(11,12)8-3-2-7-9-6/h8H,2-4H2,1H3. The molecule has 1 N–H and O–H groups in total. The molecule has 0 aromatic rings. The molecular weight excluding hydrogens is 212 g/mol. The summed E-state index contributed by atoms with van der Waals surface area (Å²) in [5.74, 6) is -1.58. The highest BCUT2D eigenvalue weighted by Crippen LogP contribution is 1.86. The van der Waals surface area contributed by atoms with Gasteiger partial charge in [0.15, 0.2) is 5.75 Å². The van der Waals surface area contributed by atoms with Crippen molar-refractivity contribution in [3.63, 3.8) is 0 Å². The van der Waals surface area contributed by atoms with Crippen molar-refractivity contribution in [1.29, 1.82) is 0 Å². The summed E-state index contributed by atoms with van der Waals surface area (Å²) in [6, 6.07) is 0.